The maximum Gasteiger partial charge on any atom is 0.253 e. The van der Waals surface area contributed by atoms with E-state index in [0.717, 1.165) is 23.5 Å². The molecular weight excluding hydrogens is 336 g/mol. The molecular formula is C22H26N4O. The number of hydrogen-bond acceptors (Lipinski definition) is 2. The molecule has 0 fully saturated rings. The Morgan fingerprint density at radius 2 is 2.04 bits per heavy atom. The molecule has 4 N–H and O–H groups in total. The van der Waals surface area contributed by atoms with Gasteiger partial charge in [0, 0.05) is 30.4 Å². The molecule has 1 aromatic heterocycles. The van der Waals surface area contributed by atoms with Crippen molar-refractivity contribution in [2.75, 3.05) is 6.54 Å². The number of amides is 1. The number of rotatable bonds is 6. The number of allylic oxidation sites excluding steroid dienone is 1. The van der Waals surface area contributed by atoms with Crippen LogP contribution in [-0.2, 0) is 6.54 Å². The summed E-state index contributed by atoms with van der Waals surface area (Å²) in [4.78, 5) is 12.7. The molecule has 0 aliphatic heterocycles. The third-order valence-electron chi connectivity index (χ3n) is 5.03. The number of aryl methyl sites for hydroxylation is 1. The van der Waals surface area contributed by atoms with Gasteiger partial charge in [-0.1, -0.05) is 48.6 Å². The van der Waals surface area contributed by atoms with Crippen LogP contribution in [0.1, 0.15) is 33.7 Å². The van der Waals surface area contributed by atoms with Crippen LogP contribution in [0.15, 0.2) is 60.2 Å². The van der Waals surface area contributed by atoms with Crippen molar-refractivity contribution >= 4 is 11.7 Å². The quantitative estimate of drug-likeness (QED) is 0.544. The maximum absolute atomic E-state index is 12.7. The molecule has 0 saturated carbocycles. The van der Waals surface area contributed by atoms with Crippen LogP contribution in [0.2, 0.25) is 0 Å². The molecule has 1 aromatic carbocycles. The number of nitrogens with zero attached hydrogens (tertiary/aromatic N) is 1. The Kier molecular flexibility index (Phi) is 5.60. The Labute approximate surface area is 160 Å². The van der Waals surface area contributed by atoms with Crippen molar-refractivity contribution in [2.24, 2.45) is 11.7 Å². The van der Waals surface area contributed by atoms with Crippen molar-refractivity contribution in [3.05, 3.63) is 82.7 Å². The summed E-state index contributed by atoms with van der Waals surface area (Å²) in [7, 11) is 0. The Morgan fingerprint density at radius 3 is 2.67 bits per heavy atom. The van der Waals surface area contributed by atoms with E-state index < -0.39 is 0 Å². The average molecular weight is 362 g/mol. The summed E-state index contributed by atoms with van der Waals surface area (Å²) in [5, 5.41) is 10.5. The van der Waals surface area contributed by atoms with Crippen molar-refractivity contribution < 1.29 is 4.79 Å². The van der Waals surface area contributed by atoms with Gasteiger partial charge in [0.15, 0.2) is 0 Å². The van der Waals surface area contributed by atoms with Crippen LogP contribution in [0.25, 0.3) is 0 Å². The zero-order chi connectivity index (χ0) is 19.4. The number of nitrogens with one attached hydrogen (secondary N) is 2. The lowest BCUT2D eigenvalue weighted by Crippen LogP contribution is -2.27. The minimum Gasteiger partial charge on any atom is -0.387 e. The highest BCUT2D eigenvalue weighted by atomic mass is 16.1. The van der Waals surface area contributed by atoms with Gasteiger partial charge >= 0.3 is 0 Å². The van der Waals surface area contributed by atoms with Crippen LogP contribution in [0.5, 0.6) is 0 Å². The van der Waals surface area contributed by atoms with E-state index in [2.05, 4.69) is 22.0 Å². The first kappa shape index (κ1) is 18.7. The van der Waals surface area contributed by atoms with Crippen molar-refractivity contribution in [1.82, 2.24) is 9.88 Å². The Morgan fingerprint density at radius 1 is 1.30 bits per heavy atom. The van der Waals surface area contributed by atoms with E-state index in [4.69, 9.17) is 11.1 Å². The second-order valence-electron chi connectivity index (χ2n) is 6.97. The molecule has 1 amide bonds. The van der Waals surface area contributed by atoms with Gasteiger partial charge in [0.25, 0.3) is 5.91 Å². The molecule has 1 atom stereocenters. The first-order valence-electron chi connectivity index (χ1n) is 9.15. The fraction of sp³-hybridized carbons (Fsp3) is 0.273. The molecule has 0 saturated heterocycles. The van der Waals surface area contributed by atoms with Gasteiger partial charge in [-0.25, -0.2) is 0 Å². The molecule has 140 valence electrons. The normalized spacial score (nSPS) is 16.1. The molecule has 27 heavy (non-hydrogen) atoms. The third-order valence-corrected chi connectivity index (χ3v) is 5.03. The minimum absolute atomic E-state index is 0.0265. The molecule has 3 rings (SSSR count). The summed E-state index contributed by atoms with van der Waals surface area (Å²) >= 11 is 0. The first-order chi connectivity index (χ1) is 13.0. The van der Waals surface area contributed by atoms with Gasteiger partial charge in [-0.05, 0) is 37.5 Å². The lowest BCUT2D eigenvalue weighted by Gasteiger charge is -2.15. The van der Waals surface area contributed by atoms with Gasteiger partial charge in [0.1, 0.15) is 0 Å². The van der Waals surface area contributed by atoms with Gasteiger partial charge in [0.05, 0.1) is 11.4 Å². The zero-order valence-corrected chi connectivity index (χ0v) is 15.8. The number of nitrogens with two attached hydrogens (primary N) is 1. The third kappa shape index (κ3) is 4.37. The summed E-state index contributed by atoms with van der Waals surface area (Å²) in [5.41, 5.74) is 10.5. The van der Waals surface area contributed by atoms with Gasteiger partial charge in [-0.3, -0.25) is 10.2 Å². The maximum atomic E-state index is 12.7. The molecule has 1 unspecified atom stereocenters. The predicted molar refractivity (Wildman–Crippen MR) is 109 cm³/mol. The van der Waals surface area contributed by atoms with Crippen molar-refractivity contribution in [3.8, 4) is 0 Å². The highest BCUT2D eigenvalue weighted by Crippen LogP contribution is 2.18. The molecule has 1 aliphatic rings. The van der Waals surface area contributed by atoms with Crippen molar-refractivity contribution in [2.45, 2.75) is 26.8 Å². The molecule has 1 heterocycles. The van der Waals surface area contributed by atoms with Crippen LogP contribution in [0.4, 0.5) is 0 Å². The van der Waals surface area contributed by atoms with E-state index in [-0.39, 0.29) is 17.7 Å². The van der Waals surface area contributed by atoms with E-state index in [1.54, 1.807) is 0 Å². The summed E-state index contributed by atoms with van der Waals surface area (Å²) in [5.74, 6) is 0.0863. The van der Waals surface area contributed by atoms with Crippen molar-refractivity contribution in [1.29, 1.82) is 5.41 Å². The number of amidine groups is 1. The SMILES string of the molecule is Cc1cc(C(=O)NCC2=CCC(C(=N)N)C=C2)c(C)n1Cc1ccccc1. The number of carbonyl (C=O) groups excluding carboxylic acids is 1. The van der Waals surface area contributed by atoms with E-state index in [0.29, 0.717) is 18.5 Å². The molecule has 0 radical (unpaired) electrons. The fourth-order valence-corrected chi connectivity index (χ4v) is 3.34. The zero-order valence-electron chi connectivity index (χ0n) is 15.8. The second-order valence-corrected chi connectivity index (χ2v) is 6.97. The lowest BCUT2D eigenvalue weighted by molar-refractivity contribution is 0.0956. The number of carbonyl (C=O) groups is 1. The Hall–Kier alpha value is -3.08. The van der Waals surface area contributed by atoms with E-state index in [1.807, 2.05) is 56.3 Å². The number of benzene rings is 1. The molecule has 2 aromatic rings. The predicted octanol–water partition coefficient (Wildman–Crippen LogP) is 3.32. The molecule has 5 nitrogen and oxygen atoms in total. The monoisotopic (exact) mass is 362 g/mol. The van der Waals surface area contributed by atoms with E-state index in [9.17, 15) is 4.79 Å². The number of aromatic nitrogens is 1. The highest BCUT2D eigenvalue weighted by molar-refractivity contribution is 5.95. The Bertz CT molecular complexity index is 906. The standard InChI is InChI=1S/C22H26N4O/c1-15-12-20(16(2)26(15)14-18-6-4-3-5-7-18)22(27)25-13-17-8-10-19(11-9-17)21(23)24/h3-10,12,19H,11,13-14H2,1-2H3,(H3,23,24)(H,25,27). The average Bonchev–Trinajstić information content (AvgIpc) is 2.95. The summed E-state index contributed by atoms with van der Waals surface area (Å²) < 4.78 is 2.17. The van der Waals surface area contributed by atoms with Crippen LogP contribution >= 0.6 is 0 Å². The van der Waals surface area contributed by atoms with Gasteiger partial charge in [0.2, 0.25) is 0 Å². The van der Waals surface area contributed by atoms with Crippen LogP contribution < -0.4 is 11.1 Å². The largest absolute Gasteiger partial charge is 0.387 e. The summed E-state index contributed by atoms with van der Waals surface area (Å²) in [6.45, 7) is 5.25. The van der Waals surface area contributed by atoms with E-state index in [1.165, 1.54) is 5.56 Å². The summed E-state index contributed by atoms with van der Waals surface area (Å²) in [6, 6.07) is 12.2. The van der Waals surface area contributed by atoms with E-state index >= 15 is 0 Å². The lowest BCUT2D eigenvalue weighted by atomic mass is 9.96. The van der Waals surface area contributed by atoms with Gasteiger partial charge in [-0.15, -0.1) is 0 Å². The highest BCUT2D eigenvalue weighted by Gasteiger charge is 2.17. The molecule has 0 bridgehead atoms. The van der Waals surface area contributed by atoms with Crippen LogP contribution in [0, 0.1) is 25.2 Å². The Balaban J connectivity index is 1.65. The molecule has 1 aliphatic carbocycles. The fourth-order valence-electron chi connectivity index (χ4n) is 3.34. The van der Waals surface area contributed by atoms with Gasteiger partial charge < -0.3 is 15.6 Å². The smallest absolute Gasteiger partial charge is 0.253 e. The van der Waals surface area contributed by atoms with Gasteiger partial charge in [-0.2, -0.15) is 0 Å². The second kappa shape index (κ2) is 8.08. The first-order valence-corrected chi connectivity index (χ1v) is 9.15. The minimum atomic E-state index is -0.0644. The van der Waals surface area contributed by atoms with Crippen molar-refractivity contribution in [3.63, 3.8) is 0 Å². The van der Waals surface area contributed by atoms with Crippen LogP contribution in [-0.4, -0.2) is 22.9 Å². The molecule has 5 heteroatoms. The van der Waals surface area contributed by atoms with Crippen LogP contribution in [0.3, 0.4) is 0 Å². The molecule has 0 spiro atoms. The number of hydrogen-bond donors (Lipinski definition) is 3. The summed E-state index contributed by atoms with van der Waals surface area (Å²) in [6.07, 6.45) is 6.61. The topological polar surface area (TPSA) is 83.9 Å².